The van der Waals surface area contributed by atoms with E-state index in [1.165, 1.54) is 6.07 Å². The van der Waals surface area contributed by atoms with Gasteiger partial charge in [0, 0.05) is 5.56 Å². The van der Waals surface area contributed by atoms with E-state index in [1.807, 2.05) is 0 Å². The van der Waals surface area contributed by atoms with Crippen LogP contribution in [0.2, 0.25) is 5.02 Å². The Labute approximate surface area is 97.3 Å². The van der Waals surface area contributed by atoms with Crippen LogP contribution < -0.4 is 0 Å². The van der Waals surface area contributed by atoms with Gasteiger partial charge in [-0.25, -0.2) is 9.37 Å². The van der Waals surface area contributed by atoms with E-state index in [-0.39, 0.29) is 12.4 Å². The van der Waals surface area contributed by atoms with Gasteiger partial charge in [-0.05, 0) is 24.3 Å². The van der Waals surface area contributed by atoms with Crippen LogP contribution in [0.4, 0.5) is 4.39 Å². The normalized spacial score (nSPS) is 10.4. The molecular weight excluding hydrogens is 229 g/mol. The number of hydrogen-bond acceptors (Lipinski definition) is 2. The summed E-state index contributed by atoms with van der Waals surface area (Å²) in [6, 6.07) is 9.56. The minimum atomic E-state index is -0.346. The molecule has 1 heterocycles. The molecule has 1 aromatic carbocycles. The van der Waals surface area contributed by atoms with E-state index in [2.05, 4.69) is 4.98 Å². The number of aromatic nitrogens is 1. The summed E-state index contributed by atoms with van der Waals surface area (Å²) in [5.74, 6) is -0.346. The van der Waals surface area contributed by atoms with Gasteiger partial charge in [0.15, 0.2) is 0 Å². The van der Waals surface area contributed by atoms with Gasteiger partial charge in [-0.3, -0.25) is 0 Å². The van der Waals surface area contributed by atoms with Crippen LogP contribution >= 0.6 is 11.6 Å². The zero-order valence-electron chi connectivity index (χ0n) is 8.32. The first-order valence-electron chi connectivity index (χ1n) is 4.73. The summed E-state index contributed by atoms with van der Waals surface area (Å²) in [6.07, 6.45) is 0. The summed E-state index contributed by atoms with van der Waals surface area (Å²) < 4.78 is 13.5. The molecule has 1 N–H and O–H groups in total. The third-order valence-corrected chi connectivity index (χ3v) is 2.56. The lowest BCUT2D eigenvalue weighted by Gasteiger charge is -2.05. The molecule has 4 heteroatoms. The lowest BCUT2D eigenvalue weighted by molar-refractivity contribution is 0.277. The van der Waals surface area contributed by atoms with Crippen LogP contribution in [0.15, 0.2) is 36.4 Å². The van der Waals surface area contributed by atoms with Crippen molar-refractivity contribution in [2.75, 3.05) is 0 Å². The van der Waals surface area contributed by atoms with Gasteiger partial charge in [0.05, 0.1) is 23.0 Å². The maximum absolute atomic E-state index is 13.5. The summed E-state index contributed by atoms with van der Waals surface area (Å²) in [5.41, 5.74) is 1.21. The maximum Gasteiger partial charge on any atom is 0.132 e. The Morgan fingerprint density at radius 3 is 2.62 bits per heavy atom. The quantitative estimate of drug-likeness (QED) is 0.871. The molecule has 0 bridgehead atoms. The minimum Gasteiger partial charge on any atom is -0.390 e. The molecule has 82 valence electrons. The maximum atomic E-state index is 13.5. The highest BCUT2D eigenvalue weighted by molar-refractivity contribution is 6.31. The molecule has 0 aliphatic rings. The molecule has 16 heavy (non-hydrogen) atoms. The van der Waals surface area contributed by atoms with Crippen molar-refractivity contribution in [3.63, 3.8) is 0 Å². The van der Waals surface area contributed by atoms with Crippen LogP contribution in [0.5, 0.6) is 0 Å². The first kappa shape index (κ1) is 11.0. The van der Waals surface area contributed by atoms with Crippen molar-refractivity contribution in [3.8, 4) is 11.3 Å². The largest absolute Gasteiger partial charge is 0.390 e. The number of pyridine rings is 1. The Bertz CT molecular complexity index is 516. The predicted molar refractivity (Wildman–Crippen MR) is 60.6 cm³/mol. The zero-order valence-corrected chi connectivity index (χ0v) is 9.08. The molecule has 0 saturated carbocycles. The highest BCUT2D eigenvalue weighted by atomic mass is 35.5. The summed E-state index contributed by atoms with van der Waals surface area (Å²) in [7, 11) is 0. The first-order chi connectivity index (χ1) is 7.72. The van der Waals surface area contributed by atoms with Crippen molar-refractivity contribution >= 4 is 11.6 Å². The molecule has 1 aromatic heterocycles. The highest BCUT2D eigenvalue weighted by Gasteiger charge is 2.08. The average Bonchev–Trinajstić information content (AvgIpc) is 2.31. The molecule has 0 atom stereocenters. The van der Waals surface area contributed by atoms with Crippen molar-refractivity contribution in [2.45, 2.75) is 6.61 Å². The fourth-order valence-electron chi connectivity index (χ4n) is 1.41. The summed E-state index contributed by atoms with van der Waals surface area (Å²) in [4.78, 5) is 4.10. The van der Waals surface area contributed by atoms with Crippen molar-refractivity contribution in [1.29, 1.82) is 0 Å². The Morgan fingerprint density at radius 1 is 1.19 bits per heavy atom. The third kappa shape index (κ3) is 2.05. The highest BCUT2D eigenvalue weighted by Crippen LogP contribution is 2.23. The van der Waals surface area contributed by atoms with Crippen LogP contribution in [-0.4, -0.2) is 10.1 Å². The van der Waals surface area contributed by atoms with Gasteiger partial charge < -0.3 is 5.11 Å². The van der Waals surface area contributed by atoms with Gasteiger partial charge in [-0.15, -0.1) is 0 Å². The monoisotopic (exact) mass is 237 g/mol. The van der Waals surface area contributed by atoms with E-state index in [4.69, 9.17) is 16.7 Å². The van der Waals surface area contributed by atoms with Gasteiger partial charge in [-0.1, -0.05) is 23.7 Å². The summed E-state index contributed by atoms with van der Waals surface area (Å²) in [6.45, 7) is -0.263. The predicted octanol–water partition coefficient (Wildman–Crippen LogP) is 3.03. The van der Waals surface area contributed by atoms with Crippen LogP contribution in [0.3, 0.4) is 0 Å². The molecule has 2 nitrogen and oxygen atoms in total. The Kier molecular flexibility index (Phi) is 3.17. The topological polar surface area (TPSA) is 33.1 Å². The average molecular weight is 238 g/mol. The van der Waals surface area contributed by atoms with E-state index in [9.17, 15) is 4.39 Å². The van der Waals surface area contributed by atoms with E-state index in [1.54, 1.807) is 30.3 Å². The summed E-state index contributed by atoms with van der Waals surface area (Å²) in [5, 5.41) is 9.40. The number of aliphatic hydroxyl groups is 1. The van der Waals surface area contributed by atoms with E-state index >= 15 is 0 Å². The van der Waals surface area contributed by atoms with E-state index in [0.29, 0.717) is 22.0 Å². The van der Waals surface area contributed by atoms with E-state index in [0.717, 1.165) is 0 Å². The standard InChI is InChI=1S/C12H9ClFNO/c13-9-5-6-11(15-12(9)7-16)8-3-1-2-4-10(8)14/h1-6,16H,7H2. The van der Waals surface area contributed by atoms with Crippen molar-refractivity contribution in [2.24, 2.45) is 0 Å². The molecule has 0 saturated heterocycles. The molecule has 0 fully saturated rings. The van der Waals surface area contributed by atoms with Crippen LogP contribution in [0.1, 0.15) is 5.69 Å². The van der Waals surface area contributed by atoms with Crippen LogP contribution in [0, 0.1) is 5.82 Å². The molecular formula is C12H9ClFNO. The Hall–Kier alpha value is -1.45. The molecule has 0 radical (unpaired) electrons. The molecule has 0 unspecified atom stereocenters. The number of benzene rings is 1. The first-order valence-corrected chi connectivity index (χ1v) is 5.11. The number of rotatable bonds is 2. The second-order valence-electron chi connectivity index (χ2n) is 3.26. The van der Waals surface area contributed by atoms with Gasteiger partial charge in [0.25, 0.3) is 0 Å². The molecule has 0 aliphatic carbocycles. The second kappa shape index (κ2) is 4.60. The van der Waals surface area contributed by atoms with Crippen molar-refractivity contribution < 1.29 is 9.50 Å². The van der Waals surface area contributed by atoms with Crippen molar-refractivity contribution in [3.05, 3.63) is 52.9 Å². The number of aliphatic hydroxyl groups excluding tert-OH is 1. The zero-order chi connectivity index (χ0) is 11.5. The second-order valence-corrected chi connectivity index (χ2v) is 3.67. The lowest BCUT2D eigenvalue weighted by atomic mass is 10.1. The van der Waals surface area contributed by atoms with Gasteiger partial charge in [0.1, 0.15) is 5.82 Å². The molecule has 0 aliphatic heterocycles. The number of nitrogens with zero attached hydrogens (tertiary/aromatic N) is 1. The minimum absolute atomic E-state index is 0.263. The lowest BCUT2D eigenvalue weighted by Crippen LogP contribution is -1.94. The summed E-state index contributed by atoms with van der Waals surface area (Å²) >= 11 is 5.81. The number of hydrogen-bond donors (Lipinski definition) is 1. The SMILES string of the molecule is OCc1nc(-c2ccccc2F)ccc1Cl. The third-order valence-electron chi connectivity index (χ3n) is 2.22. The molecule has 0 spiro atoms. The molecule has 2 aromatic rings. The van der Waals surface area contributed by atoms with E-state index < -0.39 is 0 Å². The number of halogens is 2. The Balaban J connectivity index is 2.53. The van der Waals surface area contributed by atoms with Crippen LogP contribution in [-0.2, 0) is 6.61 Å². The Morgan fingerprint density at radius 2 is 1.94 bits per heavy atom. The van der Waals surface area contributed by atoms with Gasteiger partial charge in [0.2, 0.25) is 0 Å². The molecule has 2 rings (SSSR count). The van der Waals surface area contributed by atoms with Gasteiger partial charge >= 0.3 is 0 Å². The molecule has 0 amide bonds. The van der Waals surface area contributed by atoms with Gasteiger partial charge in [-0.2, -0.15) is 0 Å². The fourth-order valence-corrected chi connectivity index (χ4v) is 1.58. The fraction of sp³-hybridized carbons (Fsp3) is 0.0833. The smallest absolute Gasteiger partial charge is 0.132 e. The van der Waals surface area contributed by atoms with Crippen molar-refractivity contribution in [1.82, 2.24) is 4.98 Å². The van der Waals surface area contributed by atoms with Crippen LogP contribution in [0.25, 0.3) is 11.3 Å².